The van der Waals surface area contributed by atoms with Crippen molar-refractivity contribution in [2.24, 2.45) is 0 Å². The molecule has 1 unspecified atom stereocenters. The van der Waals surface area contributed by atoms with Crippen molar-refractivity contribution in [3.05, 3.63) is 48.0 Å². The van der Waals surface area contributed by atoms with Gasteiger partial charge in [-0.3, -0.25) is 5.73 Å². The molecule has 0 amide bonds. The largest absolute Gasteiger partial charge is 0.250 e. The fraction of sp³-hybridized carbons (Fsp3) is 0.167. The van der Waals surface area contributed by atoms with E-state index in [-0.39, 0.29) is 6.04 Å². The smallest absolute Gasteiger partial charge is 0.0440 e. The molecule has 0 aliphatic heterocycles. The lowest BCUT2D eigenvalue weighted by atomic mass is 10.0. The van der Waals surface area contributed by atoms with Crippen LogP contribution in [0.25, 0.3) is 10.8 Å². The van der Waals surface area contributed by atoms with Gasteiger partial charge in [0.2, 0.25) is 0 Å². The van der Waals surface area contributed by atoms with Crippen LogP contribution in [0.3, 0.4) is 0 Å². The van der Waals surface area contributed by atoms with E-state index < -0.39 is 0 Å². The van der Waals surface area contributed by atoms with Gasteiger partial charge in [0.05, 0.1) is 0 Å². The van der Waals surface area contributed by atoms with Crippen molar-refractivity contribution in [2.45, 2.75) is 13.0 Å². The second kappa shape index (κ2) is 3.19. The van der Waals surface area contributed by atoms with Crippen LogP contribution in [0.1, 0.15) is 18.5 Å². The SMILES string of the molecule is CC([NH])c1cccc2ccccc12. The molecule has 1 N–H and O–H groups in total. The molecule has 1 heteroatoms. The molecule has 2 rings (SSSR count). The Morgan fingerprint density at radius 3 is 2.46 bits per heavy atom. The van der Waals surface area contributed by atoms with E-state index >= 15 is 0 Å². The van der Waals surface area contributed by atoms with Gasteiger partial charge >= 0.3 is 0 Å². The topological polar surface area (TPSA) is 23.8 Å². The minimum Gasteiger partial charge on any atom is -0.250 e. The molecule has 65 valence electrons. The molecular formula is C12H12N. The van der Waals surface area contributed by atoms with E-state index in [4.69, 9.17) is 5.73 Å². The van der Waals surface area contributed by atoms with E-state index in [1.54, 1.807) is 0 Å². The summed E-state index contributed by atoms with van der Waals surface area (Å²) in [6, 6.07) is 14.2. The molecule has 0 aliphatic rings. The van der Waals surface area contributed by atoms with Gasteiger partial charge < -0.3 is 0 Å². The Bertz CT molecular complexity index is 413. The third kappa shape index (κ3) is 1.43. The van der Waals surface area contributed by atoms with Crippen LogP contribution >= 0.6 is 0 Å². The van der Waals surface area contributed by atoms with Crippen LogP contribution in [0.2, 0.25) is 0 Å². The number of fused-ring (bicyclic) bond motifs is 1. The fourth-order valence-electron chi connectivity index (χ4n) is 1.63. The van der Waals surface area contributed by atoms with E-state index in [1.165, 1.54) is 10.8 Å². The lowest BCUT2D eigenvalue weighted by Gasteiger charge is -2.08. The summed E-state index contributed by atoms with van der Waals surface area (Å²) in [6.07, 6.45) is 0. The maximum absolute atomic E-state index is 7.70. The second-order valence-electron chi connectivity index (χ2n) is 3.29. The van der Waals surface area contributed by atoms with Crippen LogP contribution in [0.5, 0.6) is 0 Å². The summed E-state index contributed by atoms with van der Waals surface area (Å²) in [6.45, 7) is 1.90. The average Bonchev–Trinajstić information content (AvgIpc) is 2.17. The minimum absolute atomic E-state index is 0.147. The summed E-state index contributed by atoms with van der Waals surface area (Å²) in [5.74, 6) is 0. The first-order valence-electron chi connectivity index (χ1n) is 4.48. The highest BCUT2D eigenvalue weighted by Gasteiger charge is 2.03. The lowest BCUT2D eigenvalue weighted by Crippen LogP contribution is -1.93. The van der Waals surface area contributed by atoms with E-state index in [0.717, 1.165) is 5.56 Å². The highest BCUT2D eigenvalue weighted by atomic mass is 14.6. The normalized spacial score (nSPS) is 13.1. The van der Waals surface area contributed by atoms with Crippen molar-refractivity contribution >= 4 is 10.8 Å². The Balaban J connectivity index is 2.76. The maximum Gasteiger partial charge on any atom is 0.0440 e. The predicted octanol–water partition coefficient (Wildman–Crippen LogP) is 3.18. The predicted molar refractivity (Wildman–Crippen MR) is 55.5 cm³/mol. The highest BCUT2D eigenvalue weighted by Crippen LogP contribution is 2.22. The molecule has 0 saturated heterocycles. The Hall–Kier alpha value is -1.34. The zero-order valence-electron chi connectivity index (χ0n) is 7.62. The van der Waals surface area contributed by atoms with Gasteiger partial charge in [0.15, 0.2) is 0 Å². The zero-order valence-corrected chi connectivity index (χ0v) is 7.62. The van der Waals surface area contributed by atoms with Crippen molar-refractivity contribution in [1.82, 2.24) is 5.73 Å². The van der Waals surface area contributed by atoms with E-state index in [0.29, 0.717) is 0 Å². The van der Waals surface area contributed by atoms with Crippen LogP contribution < -0.4 is 5.73 Å². The molecule has 13 heavy (non-hydrogen) atoms. The molecule has 1 atom stereocenters. The molecule has 2 aromatic carbocycles. The third-order valence-corrected chi connectivity index (χ3v) is 2.29. The Kier molecular flexibility index (Phi) is 2.03. The van der Waals surface area contributed by atoms with Crippen molar-refractivity contribution in [3.63, 3.8) is 0 Å². The first-order valence-corrected chi connectivity index (χ1v) is 4.48. The Morgan fingerprint density at radius 2 is 1.69 bits per heavy atom. The molecule has 1 nitrogen and oxygen atoms in total. The summed E-state index contributed by atoms with van der Waals surface area (Å²) in [5.41, 5.74) is 8.81. The summed E-state index contributed by atoms with van der Waals surface area (Å²) in [5, 5.41) is 2.42. The summed E-state index contributed by atoms with van der Waals surface area (Å²) in [7, 11) is 0. The maximum atomic E-state index is 7.70. The average molecular weight is 170 g/mol. The van der Waals surface area contributed by atoms with Gasteiger partial charge in [0.1, 0.15) is 0 Å². The molecule has 0 fully saturated rings. The fourth-order valence-corrected chi connectivity index (χ4v) is 1.63. The molecule has 0 spiro atoms. The van der Waals surface area contributed by atoms with E-state index in [9.17, 15) is 0 Å². The summed E-state index contributed by atoms with van der Waals surface area (Å²) in [4.78, 5) is 0. The van der Waals surface area contributed by atoms with Crippen LogP contribution in [0.4, 0.5) is 0 Å². The molecule has 0 aliphatic carbocycles. The number of nitrogens with one attached hydrogen (secondary N) is 1. The van der Waals surface area contributed by atoms with E-state index in [1.807, 2.05) is 31.2 Å². The Morgan fingerprint density at radius 1 is 1.00 bits per heavy atom. The number of hydrogen-bond donors (Lipinski definition) is 0. The van der Waals surface area contributed by atoms with Gasteiger partial charge in [-0.05, 0) is 23.3 Å². The summed E-state index contributed by atoms with van der Waals surface area (Å²) < 4.78 is 0. The number of rotatable bonds is 1. The van der Waals surface area contributed by atoms with Crippen molar-refractivity contribution < 1.29 is 0 Å². The minimum atomic E-state index is -0.147. The third-order valence-electron chi connectivity index (χ3n) is 2.29. The van der Waals surface area contributed by atoms with Crippen molar-refractivity contribution in [1.29, 1.82) is 0 Å². The van der Waals surface area contributed by atoms with Crippen LogP contribution in [-0.4, -0.2) is 0 Å². The van der Waals surface area contributed by atoms with Crippen molar-refractivity contribution in [2.75, 3.05) is 0 Å². The van der Waals surface area contributed by atoms with Gasteiger partial charge in [-0.2, -0.15) is 0 Å². The zero-order chi connectivity index (χ0) is 9.26. The quantitative estimate of drug-likeness (QED) is 0.627. The molecule has 0 heterocycles. The number of hydrogen-bond acceptors (Lipinski definition) is 0. The van der Waals surface area contributed by atoms with Gasteiger partial charge in [0.25, 0.3) is 0 Å². The molecule has 0 aromatic heterocycles. The lowest BCUT2D eigenvalue weighted by molar-refractivity contribution is 0.795. The van der Waals surface area contributed by atoms with Crippen LogP contribution in [-0.2, 0) is 0 Å². The van der Waals surface area contributed by atoms with Gasteiger partial charge in [-0.25, -0.2) is 0 Å². The second-order valence-corrected chi connectivity index (χ2v) is 3.29. The first kappa shape index (κ1) is 8.27. The van der Waals surface area contributed by atoms with Crippen LogP contribution in [0.15, 0.2) is 42.5 Å². The molecular weight excluding hydrogens is 158 g/mol. The monoisotopic (exact) mass is 170 g/mol. The first-order chi connectivity index (χ1) is 6.29. The van der Waals surface area contributed by atoms with Crippen LogP contribution in [0, 0.1) is 0 Å². The van der Waals surface area contributed by atoms with E-state index in [2.05, 4.69) is 18.2 Å². The molecule has 1 radical (unpaired) electrons. The van der Waals surface area contributed by atoms with Gasteiger partial charge in [-0.15, -0.1) is 0 Å². The standard InChI is InChI=1S/C12H12N/c1-9(13)11-8-4-6-10-5-2-3-7-12(10)11/h2-9,13H,1H3. The van der Waals surface area contributed by atoms with Gasteiger partial charge in [0, 0.05) is 6.04 Å². The molecule has 2 aromatic rings. The van der Waals surface area contributed by atoms with Crippen molar-refractivity contribution in [3.8, 4) is 0 Å². The molecule has 0 saturated carbocycles. The summed E-state index contributed by atoms with van der Waals surface area (Å²) >= 11 is 0. The molecule has 0 bridgehead atoms. The Labute approximate surface area is 78.2 Å². The van der Waals surface area contributed by atoms with Gasteiger partial charge in [-0.1, -0.05) is 42.5 Å². The number of benzene rings is 2. The highest BCUT2D eigenvalue weighted by molar-refractivity contribution is 5.85.